The van der Waals surface area contributed by atoms with Gasteiger partial charge in [-0.25, -0.2) is 4.68 Å². The SMILES string of the molecule is Cc1nn(-c2ccc(Cl)cc2)c(C)c1CC(=O)Nc1ccc2c(c1)NC(=O)C(C)O2. The molecule has 0 aliphatic carbocycles. The van der Waals surface area contributed by atoms with E-state index in [4.69, 9.17) is 16.3 Å². The lowest BCUT2D eigenvalue weighted by Crippen LogP contribution is -2.34. The van der Waals surface area contributed by atoms with Crippen LogP contribution in [0.4, 0.5) is 11.4 Å². The van der Waals surface area contributed by atoms with Crippen LogP contribution in [0.15, 0.2) is 42.5 Å². The summed E-state index contributed by atoms with van der Waals surface area (Å²) in [6.45, 7) is 5.50. The number of carbonyl (C=O) groups is 2. The number of aromatic nitrogens is 2. The zero-order chi connectivity index (χ0) is 21.4. The smallest absolute Gasteiger partial charge is 0.265 e. The van der Waals surface area contributed by atoms with Crippen molar-refractivity contribution < 1.29 is 14.3 Å². The molecular formula is C22H21ClN4O3. The van der Waals surface area contributed by atoms with Gasteiger partial charge in [0.05, 0.1) is 23.5 Å². The lowest BCUT2D eigenvalue weighted by molar-refractivity contribution is -0.122. The first-order valence-corrected chi connectivity index (χ1v) is 9.92. The summed E-state index contributed by atoms with van der Waals surface area (Å²) in [5.74, 6) is 0.191. The maximum Gasteiger partial charge on any atom is 0.265 e. The van der Waals surface area contributed by atoms with Crippen LogP contribution in [0.1, 0.15) is 23.9 Å². The Kier molecular flexibility index (Phi) is 5.22. The Bertz CT molecular complexity index is 1140. The fourth-order valence-electron chi connectivity index (χ4n) is 3.42. The number of hydrogen-bond donors (Lipinski definition) is 2. The van der Waals surface area contributed by atoms with E-state index in [0.29, 0.717) is 22.1 Å². The Morgan fingerprint density at radius 2 is 1.97 bits per heavy atom. The highest BCUT2D eigenvalue weighted by Gasteiger charge is 2.24. The van der Waals surface area contributed by atoms with Crippen molar-refractivity contribution in [1.29, 1.82) is 0 Å². The summed E-state index contributed by atoms with van der Waals surface area (Å²) >= 11 is 5.97. The van der Waals surface area contributed by atoms with E-state index < -0.39 is 6.10 Å². The van der Waals surface area contributed by atoms with Crippen LogP contribution >= 0.6 is 11.6 Å². The molecule has 0 spiro atoms. The number of benzene rings is 2. The minimum atomic E-state index is -0.541. The first-order chi connectivity index (χ1) is 14.3. The van der Waals surface area contributed by atoms with E-state index >= 15 is 0 Å². The maximum atomic E-state index is 12.7. The number of anilines is 2. The predicted octanol–water partition coefficient (Wildman–Crippen LogP) is 4.04. The quantitative estimate of drug-likeness (QED) is 0.661. The van der Waals surface area contributed by atoms with Crippen LogP contribution in [-0.2, 0) is 16.0 Å². The van der Waals surface area contributed by atoms with Crippen molar-refractivity contribution in [3.8, 4) is 11.4 Å². The van der Waals surface area contributed by atoms with Gasteiger partial charge in [-0.1, -0.05) is 11.6 Å². The molecule has 7 nitrogen and oxygen atoms in total. The lowest BCUT2D eigenvalue weighted by atomic mass is 10.1. The summed E-state index contributed by atoms with van der Waals surface area (Å²) in [7, 11) is 0. The topological polar surface area (TPSA) is 85.3 Å². The van der Waals surface area contributed by atoms with E-state index in [-0.39, 0.29) is 18.2 Å². The van der Waals surface area contributed by atoms with Gasteiger partial charge in [0, 0.05) is 22.0 Å². The van der Waals surface area contributed by atoms with Gasteiger partial charge < -0.3 is 15.4 Å². The first kappa shape index (κ1) is 20.0. The summed E-state index contributed by atoms with van der Waals surface area (Å²) in [6.07, 6.45) is -0.358. The lowest BCUT2D eigenvalue weighted by Gasteiger charge is -2.23. The van der Waals surface area contributed by atoms with Crippen molar-refractivity contribution in [2.24, 2.45) is 0 Å². The number of rotatable bonds is 4. The van der Waals surface area contributed by atoms with Crippen LogP contribution in [0.2, 0.25) is 5.02 Å². The number of hydrogen-bond acceptors (Lipinski definition) is 4. The van der Waals surface area contributed by atoms with Crippen LogP contribution in [0.25, 0.3) is 5.69 Å². The summed E-state index contributed by atoms with van der Waals surface area (Å²) in [6, 6.07) is 12.5. The molecule has 0 saturated carbocycles. The number of amides is 2. The predicted molar refractivity (Wildman–Crippen MR) is 116 cm³/mol. The highest BCUT2D eigenvalue weighted by atomic mass is 35.5. The molecule has 4 rings (SSSR count). The van der Waals surface area contributed by atoms with E-state index in [1.807, 2.05) is 26.0 Å². The number of halogens is 1. The van der Waals surface area contributed by atoms with E-state index in [2.05, 4.69) is 15.7 Å². The Balaban J connectivity index is 1.50. The van der Waals surface area contributed by atoms with Crippen LogP contribution in [-0.4, -0.2) is 27.7 Å². The van der Waals surface area contributed by atoms with Gasteiger partial charge in [-0.05, 0) is 63.2 Å². The molecule has 2 heterocycles. The number of nitrogens with one attached hydrogen (secondary N) is 2. The third-order valence-corrected chi connectivity index (χ3v) is 5.30. The van der Waals surface area contributed by atoms with Crippen molar-refractivity contribution in [3.05, 3.63) is 64.4 Å². The number of nitrogens with zero attached hydrogens (tertiary/aromatic N) is 2. The van der Waals surface area contributed by atoms with Crippen molar-refractivity contribution >= 4 is 34.8 Å². The van der Waals surface area contributed by atoms with Gasteiger partial charge in [0.1, 0.15) is 5.75 Å². The second-order valence-electron chi connectivity index (χ2n) is 7.22. The highest BCUT2D eigenvalue weighted by molar-refractivity contribution is 6.30. The molecule has 1 unspecified atom stereocenters. The average molecular weight is 425 g/mol. The van der Waals surface area contributed by atoms with Crippen molar-refractivity contribution in [1.82, 2.24) is 9.78 Å². The van der Waals surface area contributed by atoms with E-state index in [1.165, 1.54) is 0 Å². The molecule has 0 bridgehead atoms. The second-order valence-corrected chi connectivity index (χ2v) is 7.66. The molecule has 2 aromatic carbocycles. The normalized spacial score (nSPS) is 15.2. The van der Waals surface area contributed by atoms with Crippen molar-refractivity contribution in [3.63, 3.8) is 0 Å². The van der Waals surface area contributed by atoms with Crippen LogP contribution in [0.5, 0.6) is 5.75 Å². The molecule has 8 heteroatoms. The maximum absolute atomic E-state index is 12.7. The molecule has 1 aromatic heterocycles. The largest absolute Gasteiger partial charge is 0.479 e. The van der Waals surface area contributed by atoms with Gasteiger partial charge in [0.2, 0.25) is 5.91 Å². The Morgan fingerprint density at radius 3 is 2.70 bits per heavy atom. The van der Waals surface area contributed by atoms with Crippen molar-refractivity contribution in [2.45, 2.75) is 33.3 Å². The number of carbonyl (C=O) groups excluding carboxylic acids is 2. The Hall–Kier alpha value is -3.32. The van der Waals surface area contributed by atoms with Crippen molar-refractivity contribution in [2.75, 3.05) is 10.6 Å². The van der Waals surface area contributed by atoms with Gasteiger partial charge in [-0.2, -0.15) is 5.10 Å². The Labute approximate surface area is 179 Å². The zero-order valence-corrected chi connectivity index (χ0v) is 17.6. The van der Waals surface area contributed by atoms with Crippen LogP contribution in [0, 0.1) is 13.8 Å². The minimum Gasteiger partial charge on any atom is -0.479 e. The zero-order valence-electron chi connectivity index (χ0n) is 16.8. The molecular weight excluding hydrogens is 404 g/mol. The molecule has 1 aliphatic rings. The summed E-state index contributed by atoms with van der Waals surface area (Å²) < 4.78 is 7.35. The van der Waals surface area contributed by atoms with Gasteiger partial charge >= 0.3 is 0 Å². The summed E-state index contributed by atoms with van der Waals surface area (Å²) in [5, 5.41) is 10.9. The molecule has 0 fully saturated rings. The van der Waals surface area contributed by atoms with E-state index in [9.17, 15) is 9.59 Å². The fourth-order valence-corrected chi connectivity index (χ4v) is 3.54. The molecule has 3 aromatic rings. The second kappa shape index (κ2) is 7.84. The number of fused-ring (bicyclic) bond motifs is 1. The fraction of sp³-hybridized carbons (Fsp3) is 0.227. The Morgan fingerprint density at radius 1 is 1.23 bits per heavy atom. The standard InChI is InChI=1S/C22H21ClN4O3/c1-12-18(13(2)27(26-12)17-7-4-15(23)5-8-17)11-21(28)24-16-6-9-20-19(10-16)25-22(29)14(3)30-20/h4-10,14H,11H2,1-3H3,(H,24,28)(H,25,29). The molecule has 2 N–H and O–H groups in total. The van der Waals surface area contributed by atoms with Gasteiger partial charge in [-0.3, -0.25) is 9.59 Å². The minimum absolute atomic E-state index is 0.173. The molecule has 2 amide bonds. The van der Waals surface area contributed by atoms with Crippen LogP contribution < -0.4 is 15.4 Å². The average Bonchev–Trinajstić information content (AvgIpc) is 2.98. The summed E-state index contributed by atoms with van der Waals surface area (Å²) in [4.78, 5) is 24.5. The number of ether oxygens (including phenoxy) is 1. The third kappa shape index (κ3) is 3.89. The van der Waals surface area contributed by atoms with Gasteiger partial charge in [0.25, 0.3) is 5.91 Å². The van der Waals surface area contributed by atoms with E-state index in [1.54, 1.807) is 41.9 Å². The summed E-state index contributed by atoms with van der Waals surface area (Å²) in [5.41, 5.74) is 4.55. The highest BCUT2D eigenvalue weighted by Crippen LogP contribution is 2.32. The number of aryl methyl sites for hydroxylation is 1. The molecule has 1 atom stereocenters. The monoisotopic (exact) mass is 424 g/mol. The van der Waals surface area contributed by atoms with Gasteiger partial charge in [0.15, 0.2) is 6.10 Å². The molecule has 0 radical (unpaired) electrons. The first-order valence-electron chi connectivity index (χ1n) is 9.54. The molecule has 1 aliphatic heterocycles. The molecule has 30 heavy (non-hydrogen) atoms. The van der Waals surface area contributed by atoms with Crippen LogP contribution in [0.3, 0.4) is 0 Å². The van der Waals surface area contributed by atoms with Gasteiger partial charge in [-0.15, -0.1) is 0 Å². The third-order valence-electron chi connectivity index (χ3n) is 5.04. The molecule has 154 valence electrons. The van der Waals surface area contributed by atoms with E-state index in [0.717, 1.165) is 22.6 Å². The molecule has 0 saturated heterocycles.